The number of nitrogens with one attached hydrogen (secondary N) is 1. The van der Waals surface area contributed by atoms with Gasteiger partial charge in [-0.3, -0.25) is 0 Å². The summed E-state index contributed by atoms with van der Waals surface area (Å²) in [6.07, 6.45) is 2.56. The predicted molar refractivity (Wildman–Crippen MR) is 70.0 cm³/mol. The molecule has 0 aliphatic carbocycles. The number of hydrogen-bond donors (Lipinski definition) is 2. The van der Waals surface area contributed by atoms with Crippen molar-refractivity contribution in [2.45, 2.75) is 25.9 Å². The zero-order valence-electron chi connectivity index (χ0n) is 10.4. The molecule has 19 heavy (non-hydrogen) atoms. The highest BCUT2D eigenvalue weighted by Gasteiger charge is 2.13. The topological polar surface area (TPSA) is 45.1 Å². The van der Waals surface area contributed by atoms with Crippen molar-refractivity contribution in [1.29, 1.82) is 0 Å². The molecule has 1 atom stereocenters. The zero-order valence-corrected chi connectivity index (χ0v) is 11.2. The van der Waals surface area contributed by atoms with Gasteiger partial charge in [-0.15, -0.1) is 11.3 Å². The van der Waals surface area contributed by atoms with E-state index in [0.717, 1.165) is 23.6 Å². The van der Waals surface area contributed by atoms with Crippen LogP contribution in [0.3, 0.4) is 0 Å². The molecule has 2 aromatic rings. The summed E-state index contributed by atoms with van der Waals surface area (Å²) in [4.78, 5) is 4.22. The molecule has 102 valence electrons. The smallest absolute Gasteiger partial charge is 0.187 e. The van der Waals surface area contributed by atoms with Gasteiger partial charge in [0.15, 0.2) is 17.4 Å². The van der Waals surface area contributed by atoms with E-state index in [1.807, 2.05) is 12.3 Å². The lowest BCUT2D eigenvalue weighted by Gasteiger charge is -2.14. The van der Waals surface area contributed by atoms with Gasteiger partial charge >= 0.3 is 0 Å². The number of aromatic hydroxyl groups is 1. The highest BCUT2D eigenvalue weighted by atomic mass is 32.1. The van der Waals surface area contributed by atoms with E-state index >= 15 is 0 Å². The first-order valence-electron chi connectivity index (χ1n) is 5.91. The van der Waals surface area contributed by atoms with Gasteiger partial charge in [-0.25, -0.2) is 13.8 Å². The van der Waals surface area contributed by atoms with Crippen molar-refractivity contribution in [3.8, 4) is 5.75 Å². The van der Waals surface area contributed by atoms with Gasteiger partial charge in [0.05, 0.1) is 6.04 Å². The maximum atomic E-state index is 13.2. The first-order valence-corrected chi connectivity index (χ1v) is 6.79. The Balaban J connectivity index is 2.06. The fourth-order valence-corrected chi connectivity index (χ4v) is 2.57. The minimum Gasteiger partial charge on any atom is -0.503 e. The van der Waals surface area contributed by atoms with E-state index in [2.05, 4.69) is 10.3 Å². The van der Waals surface area contributed by atoms with Crippen LogP contribution in [0.4, 0.5) is 8.78 Å². The van der Waals surface area contributed by atoms with Crippen molar-refractivity contribution in [3.63, 3.8) is 0 Å². The Labute approximate surface area is 113 Å². The third-order valence-corrected chi connectivity index (χ3v) is 3.68. The lowest BCUT2D eigenvalue weighted by molar-refractivity contribution is 0.394. The van der Waals surface area contributed by atoms with Crippen molar-refractivity contribution < 1.29 is 13.9 Å². The predicted octanol–water partition coefficient (Wildman–Crippen LogP) is 3.37. The molecule has 1 heterocycles. The molecule has 0 saturated heterocycles. The molecule has 1 aromatic heterocycles. The Morgan fingerprint density at radius 1 is 1.37 bits per heavy atom. The lowest BCUT2D eigenvalue weighted by atomic mass is 10.1. The normalized spacial score (nSPS) is 12.6. The third-order valence-electron chi connectivity index (χ3n) is 2.79. The largest absolute Gasteiger partial charge is 0.503 e. The lowest BCUT2D eigenvalue weighted by Crippen LogP contribution is -2.20. The van der Waals surface area contributed by atoms with Crippen molar-refractivity contribution in [3.05, 3.63) is 45.9 Å². The average molecular weight is 284 g/mol. The first kappa shape index (κ1) is 13.9. The second kappa shape index (κ2) is 6.08. The third kappa shape index (κ3) is 3.27. The molecule has 0 spiro atoms. The van der Waals surface area contributed by atoms with E-state index < -0.39 is 17.4 Å². The molecule has 0 amide bonds. The van der Waals surface area contributed by atoms with E-state index in [1.165, 1.54) is 11.3 Å². The van der Waals surface area contributed by atoms with Crippen LogP contribution >= 0.6 is 11.3 Å². The van der Waals surface area contributed by atoms with Gasteiger partial charge in [0.25, 0.3) is 0 Å². The highest BCUT2D eigenvalue weighted by Crippen LogP contribution is 2.23. The van der Waals surface area contributed by atoms with Crippen LogP contribution in [0, 0.1) is 11.6 Å². The van der Waals surface area contributed by atoms with E-state index in [1.54, 1.807) is 6.20 Å². The first-order chi connectivity index (χ1) is 9.11. The summed E-state index contributed by atoms with van der Waals surface area (Å²) in [6, 6.07) is 2.31. The molecule has 1 unspecified atom stereocenters. The van der Waals surface area contributed by atoms with Crippen LogP contribution in [0.25, 0.3) is 0 Å². The fourth-order valence-electron chi connectivity index (χ4n) is 1.77. The molecule has 0 aliphatic heterocycles. The number of hydrogen-bond acceptors (Lipinski definition) is 4. The Hall–Kier alpha value is -1.53. The van der Waals surface area contributed by atoms with Crippen LogP contribution in [0.2, 0.25) is 0 Å². The molecule has 0 fully saturated rings. The fraction of sp³-hybridized carbons (Fsp3) is 0.308. The van der Waals surface area contributed by atoms with Gasteiger partial charge < -0.3 is 10.4 Å². The molecular formula is C13H14F2N2OS. The molecule has 2 rings (SSSR count). The number of rotatable bonds is 5. The van der Waals surface area contributed by atoms with Crippen LogP contribution in [-0.4, -0.2) is 10.1 Å². The molecular weight excluding hydrogens is 270 g/mol. The van der Waals surface area contributed by atoms with Crippen LogP contribution in [0.1, 0.15) is 30.0 Å². The zero-order chi connectivity index (χ0) is 13.8. The molecule has 0 bridgehead atoms. The number of thiazole rings is 1. The highest BCUT2D eigenvalue weighted by molar-refractivity contribution is 7.09. The number of phenolic OH excluding ortho intramolecular Hbond substituents is 1. The van der Waals surface area contributed by atoms with E-state index in [0.29, 0.717) is 12.1 Å². The van der Waals surface area contributed by atoms with E-state index in [-0.39, 0.29) is 6.04 Å². The average Bonchev–Trinajstić information content (AvgIpc) is 2.90. The van der Waals surface area contributed by atoms with Crippen LogP contribution in [0.5, 0.6) is 5.75 Å². The van der Waals surface area contributed by atoms with Crippen LogP contribution in [0.15, 0.2) is 23.7 Å². The van der Waals surface area contributed by atoms with Gasteiger partial charge in [0.2, 0.25) is 0 Å². The number of aromatic nitrogens is 1. The summed E-state index contributed by atoms with van der Waals surface area (Å²) in [5, 5.41) is 15.1. The number of benzene rings is 1. The molecule has 0 radical (unpaired) electrons. The Morgan fingerprint density at radius 3 is 2.58 bits per heavy atom. The Morgan fingerprint density at radius 2 is 2.05 bits per heavy atom. The Kier molecular flexibility index (Phi) is 4.44. The quantitative estimate of drug-likeness (QED) is 0.885. The van der Waals surface area contributed by atoms with Gasteiger partial charge in [-0.05, 0) is 24.1 Å². The number of nitrogens with zero attached hydrogens (tertiary/aromatic N) is 1. The molecule has 6 heteroatoms. The number of phenols is 1. The maximum absolute atomic E-state index is 13.2. The molecule has 1 aromatic carbocycles. The summed E-state index contributed by atoms with van der Waals surface area (Å²) in [7, 11) is 0. The van der Waals surface area contributed by atoms with Crippen molar-refractivity contribution in [2.75, 3.05) is 0 Å². The second-order valence-electron chi connectivity index (χ2n) is 4.12. The minimum atomic E-state index is -0.945. The molecule has 3 nitrogen and oxygen atoms in total. The standard InChI is InChI=1S/C13H14F2N2OS/c1-2-11(13-16-3-4-19-13)17-7-8-5-9(14)12(18)10(15)6-8/h3-6,11,17-18H,2,7H2,1H3. The number of halogens is 2. The summed E-state index contributed by atoms with van der Waals surface area (Å²) < 4.78 is 26.4. The van der Waals surface area contributed by atoms with Gasteiger partial charge in [-0.1, -0.05) is 6.92 Å². The van der Waals surface area contributed by atoms with Gasteiger partial charge in [0, 0.05) is 18.1 Å². The summed E-state index contributed by atoms with van der Waals surface area (Å²) in [6.45, 7) is 2.32. The SMILES string of the molecule is CCC(NCc1cc(F)c(O)c(F)c1)c1nccs1. The van der Waals surface area contributed by atoms with Crippen molar-refractivity contribution in [1.82, 2.24) is 10.3 Å². The van der Waals surface area contributed by atoms with Crippen molar-refractivity contribution in [2.24, 2.45) is 0 Å². The van der Waals surface area contributed by atoms with Crippen LogP contribution in [-0.2, 0) is 6.54 Å². The summed E-state index contributed by atoms with van der Waals surface area (Å²) in [5.41, 5.74) is 0.447. The summed E-state index contributed by atoms with van der Waals surface area (Å²) >= 11 is 1.54. The maximum Gasteiger partial charge on any atom is 0.187 e. The van der Waals surface area contributed by atoms with Crippen LogP contribution < -0.4 is 5.32 Å². The van der Waals surface area contributed by atoms with Crippen molar-refractivity contribution >= 4 is 11.3 Å². The second-order valence-corrected chi connectivity index (χ2v) is 5.05. The molecule has 0 saturated carbocycles. The summed E-state index contributed by atoms with van der Waals surface area (Å²) in [5.74, 6) is -2.83. The van der Waals surface area contributed by atoms with E-state index in [9.17, 15) is 8.78 Å². The molecule has 0 aliphatic rings. The Bertz CT molecular complexity index is 523. The monoisotopic (exact) mass is 284 g/mol. The van der Waals surface area contributed by atoms with E-state index in [4.69, 9.17) is 5.11 Å². The van der Waals surface area contributed by atoms with Gasteiger partial charge in [-0.2, -0.15) is 0 Å². The van der Waals surface area contributed by atoms with Gasteiger partial charge in [0.1, 0.15) is 5.01 Å². The minimum absolute atomic E-state index is 0.0555. The molecule has 2 N–H and O–H groups in total.